The van der Waals surface area contributed by atoms with Gasteiger partial charge in [0.1, 0.15) is 12.4 Å². The van der Waals surface area contributed by atoms with E-state index in [2.05, 4.69) is 0 Å². The summed E-state index contributed by atoms with van der Waals surface area (Å²) in [4.78, 5) is 26.3. The molecular formula is C18H19NO5. The van der Waals surface area contributed by atoms with Crippen molar-refractivity contribution in [2.75, 3.05) is 32.9 Å². The van der Waals surface area contributed by atoms with Crippen LogP contribution in [0.1, 0.15) is 12.0 Å². The zero-order valence-corrected chi connectivity index (χ0v) is 13.2. The maximum Gasteiger partial charge on any atom is 0.311 e. The van der Waals surface area contributed by atoms with Crippen molar-refractivity contribution >= 4 is 18.0 Å². The molecule has 3 heterocycles. The quantitative estimate of drug-likeness (QED) is 0.888. The highest BCUT2D eigenvalue weighted by molar-refractivity contribution is 5.99. The molecule has 0 unspecified atom stereocenters. The van der Waals surface area contributed by atoms with Crippen LogP contribution in [-0.4, -0.2) is 54.8 Å². The molecule has 6 heteroatoms. The van der Waals surface area contributed by atoms with E-state index in [1.54, 1.807) is 4.90 Å². The van der Waals surface area contributed by atoms with E-state index in [4.69, 9.17) is 9.47 Å². The predicted molar refractivity (Wildman–Crippen MR) is 85.5 cm³/mol. The average molecular weight is 329 g/mol. The second-order valence-corrected chi connectivity index (χ2v) is 6.66. The minimum absolute atomic E-state index is 0.139. The van der Waals surface area contributed by atoms with E-state index < -0.39 is 11.4 Å². The summed E-state index contributed by atoms with van der Waals surface area (Å²) < 4.78 is 11.1. The molecule has 6 nitrogen and oxygen atoms in total. The zero-order valence-electron chi connectivity index (χ0n) is 13.2. The van der Waals surface area contributed by atoms with Crippen molar-refractivity contribution in [3.63, 3.8) is 0 Å². The molecule has 2 saturated heterocycles. The van der Waals surface area contributed by atoms with Crippen LogP contribution in [0.15, 0.2) is 29.8 Å². The fourth-order valence-electron chi connectivity index (χ4n) is 3.90. The van der Waals surface area contributed by atoms with E-state index >= 15 is 0 Å². The van der Waals surface area contributed by atoms with E-state index in [9.17, 15) is 14.7 Å². The Kier molecular flexibility index (Phi) is 3.57. The molecule has 1 amide bonds. The largest absolute Gasteiger partial charge is 0.488 e. The summed E-state index contributed by atoms with van der Waals surface area (Å²) in [6, 6.07) is 7.56. The van der Waals surface area contributed by atoms with Crippen LogP contribution in [0.25, 0.3) is 6.08 Å². The van der Waals surface area contributed by atoms with Gasteiger partial charge >= 0.3 is 5.97 Å². The number of fused-ring (bicyclic) bond motifs is 2. The van der Waals surface area contributed by atoms with E-state index in [1.807, 2.05) is 30.3 Å². The summed E-state index contributed by atoms with van der Waals surface area (Å²) in [6.45, 7) is 1.71. The zero-order chi connectivity index (χ0) is 16.7. The predicted octanol–water partition coefficient (Wildman–Crippen LogP) is 1.41. The molecule has 2 atom stereocenters. The molecule has 3 aliphatic heterocycles. The Morgan fingerprint density at radius 3 is 2.92 bits per heavy atom. The van der Waals surface area contributed by atoms with Crippen LogP contribution >= 0.6 is 0 Å². The maximum atomic E-state index is 12.9. The maximum absolute atomic E-state index is 12.9. The van der Waals surface area contributed by atoms with Crippen molar-refractivity contribution in [3.8, 4) is 5.75 Å². The topological polar surface area (TPSA) is 76.1 Å². The summed E-state index contributed by atoms with van der Waals surface area (Å²) in [7, 11) is 0. The molecule has 0 spiro atoms. The molecule has 24 heavy (non-hydrogen) atoms. The van der Waals surface area contributed by atoms with Gasteiger partial charge in [-0.15, -0.1) is 0 Å². The molecule has 126 valence electrons. The number of carboxylic acids is 1. The fourth-order valence-corrected chi connectivity index (χ4v) is 3.90. The summed E-state index contributed by atoms with van der Waals surface area (Å²) in [6.07, 6.45) is 2.29. The molecule has 0 radical (unpaired) electrons. The smallest absolute Gasteiger partial charge is 0.311 e. The standard InChI is InChI=1S/C18H19NO5/c20-16(13-7-12-3-1-2-4-15(12)24-9-13)19-8-14-10-23-6-5-18(14,11-19)17(21)22/h1-4,7,14H,5-6,8-11H2,(H,21,22)/t14-,18+/m0/s1. The third-order valence-electron chi connectivity index (χ3n) is 5.33. The number of benzene rings is 1. The summed E-state index contributed by atoms with van der Waals surface area (Å²) in [5.41, 5.74) is 0.566. The van der Waals surface area contributed by atoms with Crippen LogP contribution in [0.4, 0.5) is 0 Å². The van der Waals surface area contributed by atoms with E-state index in [0.29, 0.717) is 31.8 Å². The monoisotopic (exact) mass is 329 g/mol. The van der Waals surface area contributed by atoms with Crippen molar-refractivity contribution in [2.45, 2.75) is 6.42 Å². The number of carbonyl (C=O) groups excluding carboxylic acids is 1. The number of likely N-dealkylation sites (tertiary alicyclic amines) is 1. The van der Waals surface area contributed by atoms with Gasteiger partial charge in [-0.25, -0.2) is 0 Å². The van der Waals surface area contributed by atoms with Gasteiger partial charge in [0.15, 0.2) is 0 Å². The van der Waals surface area contributed by atoms with Crippen LogP contribution in [0.2, 0.25) is 0 Å². The first-order valence-corrected chi connectivity index (χ1v) is 8.13. The molecule has 0 aromatic heterocycles. The number of carboxylic acid groups (broad SMARTS) is 1. The first-order chi connectivity index (χ1) is 11.6. The SMILES string of the molecule is O=C(C1=Cc2ccccc2OC1)N1C[C@H]2COCC[C@@]2(C(=O)O)C1. The van der Waals surface area contributed by atoms with Crippen LogP contribution in [-0.2, 0) is 14.3 Å². The molecule has 4 rings (SSSR count). The number of para-hydroxylation sites is 1. The Balaban J connectivity index is 1.58. The van der Waals surface area contributed by atoms with Crippen LogP contribution in [0.5, 0.6) is 5.75 Å². The van der Waals surface area contributed by atoms with Crippen molar-refractivity contribution < 1.29 is 24.2 Å². The minimum atomic E-state index is -0.873. The van der Waals surface area contributed by atoms with Gasteiger partial charge in [0.25, 0.3) is 5.91 Å². The summed E-state index contributed by atoms with van der Waals surface area (Å²) >= 11 is 0. The molecule has 1 N–H and O–H groups in total. The van der Waals surface area contributed by atoms with Gasteiger partial charge in [-0.05, 0) is 18.6 Å². The lowest BCUT2D eigenvalue weighted by atomic mass is 9.74. The summed E-state index contributed by atoms with van der Waals surface area (Å²) in [5.74, 6) is -0.352. The van der Waals surface area contributed by atoms with Crippen molar-refractivity contribution in [1.29, 1.82) is 0 Å². The number of hydrogen-bond donors (Lipinski definition) is 1. The highest BCUT2D eigenvalue weighted by Gasteiger charge is 2.55. The lowest BCUT2D eigenvalue weighted by molar-refractivity contribution is -0.157. The number of amides is 1. The van der Waals surface area contributed by atoms with Gasteiger partial charge in [0.2, 0.25) is 0 Å². The molecule has 1 aromatic carbocycles. The molecule has 1 aromatic rings. The van der Waals surface area contributed by atoms with E-state index in [-0.39, 0.29) is 25.0 Å². The number of aliphatic carboxylic acids is 1. The normalized spacial score (nSPS) is 28.4. The number of ether oxygens (including phenoxy) is 2. The van der Waals surface area contributed by atoms with Gasteiger partial charge in [0.05, 0.1) is 17.6 Å². The molecule has 3 aliphatic rings. The van der Waals surface area contributed by atoms with Crippen molar-refractivity contribution in [2.24, 2.45) is 11.3 Å². The van der Waals surface area contributed by atoms with Gasteiger partial charge in [-0.1, -0.05) is 18.2 Å². The third kappa shape index (κ3) is 2.29. The Morgan fingerprint density at radius 2 is 2.12 bits per heavy atom. The van der Waals surface area contributed by atoms with Gasteiger partial charge in [0, 0.05) is 31.2 Å². The Morgan fingerprint density at radius 1 is 1.29 bits per heavy atom. The highest BCUT2D eigenvalue weighted by atomic mass is 16.5. The number of nitrogens with zero attached hydrogens (tertiary/aromatic N) is 1. The Hall–Kier alpha value is -2.34. The molecule has 0 aliphatic carbocycles. The van der Waals surface area contributed by atoms with Crippen LogP contribution in [0.3, 0.4) is 0 Å². The third-order valence-corrected chi connectivity index (χ3v) is 5.33. The lowest BCUT2D eigenvalue weighted by Gasteiger charge is -2.33. The molecule has 2 fully saturated rings. The van der Waals surface area contributed by atoms with Crippen molar-refractivity contribution in [1.82, 2.24) is 4.90 Å². The van der Waals surface area contributed by atoms with E-state index in [0.717, 1.165) is 11.3 Å². The lowest BCUT2D eigenvalue weighted by Crippen LogP contribution is -2.45. The molecule has 0 bridgehead atoms. The van der Waals surface area contributed by atoms with Gasteiger partial charge in [-0.3, -0.25) is 9.59 Å². The molecular weight excluding hydrogens is 310 g/mol. The second-order valence-electron chi connectivity index (χ2n) is 6.66. The summed E-state index contributed by atoms with van der Waals surface area (Å²) in [5, 5.41) is 9.71. The minimum Gasteiger partial charge on any atom is -0.488 e. The fraction of sp³-hybridized carbons (Fsp3) is 0.444. The number of hydrogen-bond acceptors (Lipinski definition) is 4. The first-order valence-electron chi connectivity index (χ1n) is 8.13. The Bertz CT molecular complexity index is 728. The van der Waals surface area contributed by atoms with Crippen LogP contribution < -0.4 is 4.74 Å². The average Bonchev–Trinajstić information content (AvgIpc) is 3.02. The number of carbonyl (C=O) groups is 2. The van der Waals surface area contributed by atoms with E-state index in [1.165, 1.54) is 0 Å². The highest BCUT2D eigenvalue weighted by Crippen LogP contribution is 2.43. The van der Waals surface area contributed by atoms with Gasteiger partial charge < -0.3 is 19.5 Å². The van der Waals surface area contributed by atoms with Crippen LogP contribution in [0, 0.1) is 11.3 Å². The van der Waals surface area contributed by atoms with Crippen molar-refractivity contribution in [3.05, 3.63) is 35.4 Å². The number of rotatable bonds is 2. The first kappa shape index (κ1) is 15.2. The Labute approximate surface area is 139 Å². The second kappa shape index (κ2) is 5.63. The van der Waals surface area contributed by atoms with Gasteiger partial charge in [-0.2, -0.15) is 0 Å². The molecule has 0 saturated carbocycles.